The zero-order valence-corrected chi connectivity index (χ0v) is 22.7. The van der Waals surface area contributed by atoms with Gasteiger partial charge < -0.3 is 25.7 Å². The van der Waals surface area contributed by atoms with Gasteiger partial charge >= 0.3 is 0 Å². The van der Waals surface area contributed by atoms with E-state index in [4.69, 9.17) is 0 Å². The lowest BCUT2D eigenvalue weighted by Crippen LogP contribution is -2.57. The standard InChI is InChI=1S/C28H37N3O5S/c1-5-10-19-20(13-9-14-23(19)32)25(34)29-21(15-18-11-7-6-8-12-18)24(33)27(36)31-17-37-16-22(31)26(35)30-28(2,3)4/h6-9,11-14,21-22,24,32-33H,5,10,15-17H2,1-4H3,(H,29,34)(H,30,35)/t21-,22-,24-/m0/s1. The molecule has 8 nitrogen and oxygen atoms in total. The largest absolute Gasteiger partial charge is 0.508 e. The minimum atomic E-state index is -1.57. The summed E-state index contributed by atoms with van der Waals surface area (Å²) >= 11 is 1.44. The highest BCUT2D eigenvalue weighted by Crippen LogP contribution is 2.25. The minimum absolute atomic E-state index is 0.0347. The third-order valence-electron chi connectivity index (χ3n) is 6.11. The van der Waals surface area contributed by atoms with E-state index in [9.17, 15) is 24.6 Å². The van der Waals surface area contributed by atoms with Gasteiger partial charge in [0.2, 0.25) is 5.91 Å². The molecule has 3 atom stereocenters. The molecule has 2 aromatic carbocycles. The topological polar surface area (TPSA) is 119 Å². The van der Waals surface area contributed by atoms with Crippen molar-refractivity contribution in [1.82, 2.24) is 15.5 Å². The molecule has 3 rings (SSSR count). The van der Waals surface area contributed by atoms with Gasteiger partial charge in [0.15, 0.2) is 6.10 Å². The number of carbonyl (C=O) groups excluding carboxylic acids is 3. The highest BCUT2D eigenvalue weighted by molar-refractivity contribution is 7.99. The van der Waals surface area contributed by atoms with Crippen molar-refractivity contribution in [3.8, 4) is 5.75 Å². The van der Waals surface area contributed by atoms with E-state index in [1.807, 2.05) is 58.0 Å². The Kier molecular flexibility index (Phi) is 9.62. The van der Waals surface area contributed by atoms with E-state index < -0.39 is 35.5 Å². The van der Waals surface area contributed by atoms with E-state index in [1.165, 1.54) is 22.7 Å². The summed E-state index contributed by atoms with van der Waals surface area (Å²) in [4.78, 5) is 41.1. The monoisotopic (exact) mass is 527 g/mol. The molecule has 0 spiro atoms. The number of carbonyl (C=O) groups is 3. The average Bonchev–Trinajstić information content (AvgIpc) is 3.34. The van der Waals surface area contributed by atoms with Gasteiger partial charge in [0.25, 0.3) is 11.8 Å². The third-order valence-corrected chi connectivity index (χ3v) is 7.12. The van der Waals surface area contributed by atoms with Gasteiger partial charge in [0.05, 0.1) is 11.9 Å². The predicted molar refractivity (Wildman–Crippen MR) is 145 cm³/mol. The second-order valence-electron chi connectivity index (χ2n) is 10.3. The number of aromatic hydroxyl groups is 1. The summed E-state index contributed by atoms with van der Waals surface area (Å²) in [5, 5.41) is 27.3. The number of amides is 3. The fraction of sp³-hybridized carbons (Fsp3) is 0.464. The van der Waals surface area contributed by atoms with Crippen LogP contribution in [-0.2, 0) is 22.4 Å². The Bertz CT molecular complexity index is 1100. The second kappa shape index (κ2) is 12.5. The highest BCUT2D eigenvalue weighted by atomic mass is 32.2. The maximum atomic E-state index is 13.5. The number of hydrogen-bond donors (Lipinski definition) is 4. The minimum Gasteiger partial charge on any atom is -0.508 e. The summed E-state index contributed by atoms with van der Waals surface area (Å²) in [5.74, 6) is -0.620. The SMILES string of the molecule is CCCc1c(O)cccc1C(=O)N[C@@H](Cc1ccccc1)[C@H](O)C(=O)N1CSC[C@H]1C(=O)NC(C)(C)C. The first-order chi connectivity index (χ1) is 17.5. The first-order valence-corrected chi connectivity index (χ1v) is 13.7. The van der Waals surface area contributed by atoms with Gasteiger partial charge in [-0.25, -0.2) is 0 Å². The molecule has 0 saturated carbocycles. The van der Waals surface area contributed by atoms with E-state index in [0.29, 0.717) is 23.3 Å². The van der Waals surface area contributed by atoms with Gasteiger partial charge in [0.1, 0.15) is 11.8 Å². The van der Waals surface area contributed by atoms with Crippen molar-refractivity contribution in [1.29, 1.82) is 0 Å². The van der Waals surface area contributed by atoms with Crippen LogP contribution in [0.15, 0.2) is 48.5 Å². The molecule has 3 amide bonds. The number of phenols is 1. The van der Waals surface area contributed by atoms with Crippen molar-refractivity contribution in [2.24, 2.45) is 0 Å². The number of rotatable bonds is 9. The van der Waals surface area contributed by atoms with E-state index in [2.05, 4.69) is 10.6 Å². The van der Waals surface area contributed by atoms with E-state index >= 15 is 0 Å². The van der Waals surface area contributed by atoms with Crippen LogP contribution < -0.4 is 10.6 Å². The summed E-state index contributed by atoms with van der Waals surface area (Å²) in [7, 11) is 0. The maximum Gasteiger partial charge on any atom is 0.254 e. The Hall–Kier alpha value is -3.04. The lowest BCUT2D eigenvalue weighted by atomic mass is 9.97. The molecule has 200 valence electrons. The number of phenolic OH excluding ortho intramolecular Hbond substituents is 1. The number of aliphatic hydroxyl groups is 1. The fourth-order valence-corrected chi connectivity index (χ4v) is 5.49. The summed E-state index contributed by atoms with van der Waals surface area (Å²) in [5.41, 5.74) is 1.20. The quantitative estimate of drug-likeness (QED) is 0.398. The molecular formula is C28H37N3O5S. The first kappa shape index (κ1) is 28.5. The summed E-state index contributed by atoms with van der Waals surface area (Å²) < 4.78 is 0. The molecule has 1 saturated heterocycles. The van der Waals surface area contributed by atoms with Gasteiger partial charge in [-0.2, -0.15) is 0 Å². The zero-order valence-electron chi connectivity index (χ0n) is 21.9. The Morgan fingerprint density at radius 1 is 1.11 bits per heavy atom. The molecule has 0 unspecified atom stereocenters. The molecule has 0 radical (unpaired) electrons. The molecule has 1 heterocycles. The van der Waals surface area contributed by atoms with E-state index in [0.717, 1.165) is 12.0 Å². The Labute approximate surface area is 222 Å². The molecular weight excluding hydrogens is 490 g/mol. The number of nitrogens with one attached hydrogen (secondary N) is 2. The summed E-state index contributed by atoms with van der Waals surface area (Å²) in [6, 6.07) is 12.4. The van der Waals surface area contributed by atoms with Crippen molar-refractivity contribution in [3.63, 3.8) is 0 Å². The van der Waals surface area contributed by atoms with Crippen LogP contribution in [0.5, 0.6) is 5.75 Å². The van der Waals surface area contributed by atoms with Gasteiger partial charge in [-0.05, 0) is 51.3 Å². The summed E-state index contributed by atoms with van der Waals surface area (Å²) in [6.45, 7) is 7.56. The second-order valence-corrected chi connectivity index (χ2v) is 11.3. The van der Waals surface area contributed by atoms with Crippen LogP contribution in [-0.4, -0.2) is 68.2 Å². The molecule has 4 N–H and O–H groups in total. The lowest BCUT2D eigenvalue weighted by molar-refractivity contribution is -0.146. The Morgan fingerprint density at radius 3 is 2.46 bits per heavy atom. The number of hydrogen-bond acceptors (Lipinski definition) is 6. The number of thioether (sulfide) groups is 1. The molecule has 2 aromatic rings. The maximum absolute atomic E-state index is 13.5. The van der Waals surface area contributed by atoms with Gasteiger partial charge in [-0.15, -0.1) is 11.8 Å². The predicted octanol–water partition coefficient (Wildman–Crippen LogP) is 2.86. The normalized spacial score (nSPS) is 17.2. The first-order valence-electron chi connectivity index (χ1n) is 12.6. The molecule has 9 heteroatoms. The Balaban J connectivity index is 1.86. The van der Waals surface area contributed by atoms with Gasteiger partial charge in [0, 0.05) is 22.4 Å². The smallest absolute Gasteiger partial charge is 0.254 e. The van der Waals surface area contributed by atoms with Crippen LogP contribution in [0.25, 0.3) is 0 Å². The van der Waals surface area contributed by atoms with Crippen molar-refractivity contribution < 1.29 is 24.6 Å². The van der Waals surface area contributed by atoms with Crippen LogP contribution >= 0.6 is 11.8 Å². The molecule has 1 aliphatic heterocycles. The van der Waals surface area contributed by atoms with E-state index in [1.54, 1.807) is 12.1 Å². The van der Waals surface area contributed by atoms with Crippen molar-refractivity contribution in [2.75, 3.05) is 11.6 Å². The lowest BCUT2D eigenvalue weighted by Gasteiger charge is -2.31. The molecule has 0 aliphatic carbocycles. The van der Waals surface area contributed by atoms with Crippen LogP contribution in [0, 0.1) is 0 Å². The third kappa shape index (κ3) is 7.49. The molecule has 0 aromatic heterocycles. The van der Waals surface area contributed by atoms with Gasteiger partial charge in [-0.1, -0.05) is 49.7 Å². The fourth-order valence-electron chi connectivity index (χ4n) is 4.33. The Morgan fingerprint density at radius 2 is 1.81 bits per heavy atom. The van der Waals surface area contributed by atoms with Crippen LogP contribution in [0.2, 0.25) is 0 Å². The number of aliphatic hydroxyl groups excluding tert-OH is 1. The van der Waals surface area contributed by atoms with E-state index in [-0.39, 0.29) is 24.0 Å². The molecule has 37 heavy (non-hydrogen) atoms. The molecule has 1 aliphatic rings. The molecule has 1 fully saturated rings. The van der Waals surface area contributed by atoms with Crippen molar-refractivity contribution >= 4 is 29.5 Å². The number of benzene rings is 2. The van der Waals surface area contributed by atoms with Crippen LogP contribution in [0.4, 0.5) is 0 Å². The highest BCUT2D eigenvalue weighted by Gasteiger charge is 2.40. The van der Waals surface area contributed by atoms with Crippen molar-refractivity contribution in [2.45, 2.75) is 70.7 Å². The zero-order chi connectivity index (χ0) is 27.2. The number of nitrogens with zero attached hydrogens (tertiary/aromatic N) is 1. The van der Waals surface area contributed by atoms with Crippen molar-refractivity contribution in [3.05, 3.63) is 65.2 Å². The molecule has 0 bridgehead atoms. The van der Waals surface area contributed by atoms with Crippen LogP contribution in [0.3, 0.4) is 0 Å². The summed E-state index contributed by atoms with van der Waals surface area (Å²) in [6.07, 6.45) is -0.117. The van der Waals surface area contributed by atoms with Gasteiger partial charge in [-0.3, -0.25) is 14.4 Å². The van der Waals surface area contributed by atoms with Crippen LogP contribution in [0.1, 0.15) is 55.6 Å². The average molecular weight is 528 g/mol.